The standard InChI is InChI=1S/C19H31N3O3S/c1-13-3-7-15(8-4-13)21-19(23)18-11-17(12-20-18)26(24,25)22-16-9-5-14(2)6-10-16/h11-16,20,22H,3-10H2,1-2H3,(H,21,23). The van der Waals surface area contributed by atoms with Gasteiger partial charge in [0, 0.05) is 18.3 Å². The van der Waals surface area contributed by atoms with Crippen LogP contribution >= 0.6 is 0 Å². The maximum atomic E-state index is 12.6. The minimum Gasteiger partial charge on any atom is -0.356 e. The lowest BCUT2D eigenvalue weighted by Gasteiger charge is -2.26. The Hall–Kier alpha value is -1.34. The first-order valence-corrected chi connectivity index (χ1v) is 11.3. The summed E-state index contributed by atoms with van der Waals surface area (Å²) < 4.78 is 28.0. The molecule has 26 heavy (non-hydrogen) atoms. The second-order valence-corrected chi connectivity index (χ2v) is 9.97. The van der Waals surface area contributed by atoms with E-state index >= 15 is 0 Å². The number of hydrogen-bond acceptors (Lipinski definition) is 3. The number of carbonyl (C=O) groups excluding carboxylic acids is 1. The molecular formula is C19H31N3O3S. The van der Waals surface area contributed by atoms with Crippen molar-refractivity contribution in [1.82, 2.24) is 15.0 Å². The van der Waals surface area contributed by atoms with Gasteiger partial charge < -0.3 is 10.3 Å². The molecular weight excluding hydrogens is 350 g/mol. The van der Waals surface area contributed by atoms with Crippen molar-refractivity contribution in [2.24, 2.45) is 11.8 Å². The van der Waals surface area contributed by atoms with Crippen LogP contribution in [0.15, 0.2) is 17.2 Å². The molecule has 0 unspecified atom stereocenters. The van der Waals surface area contributed by atoms with Gasteiger partial charge in [-0.3, -0.25) is 4.79 Å². The number of sulfonamides is 1. The molecule has 1 amide bonds. The van der Waals surface area contributed by atoms with Gasteiger partial charge >= 0.3 is 0 Å². The van der Waals surface area contributed by atoms with Gasteiger partial charge in [-0.25, -0.2) is 13.1 Å². The van der Waals surface area contributed by atoms with Gasteiger partial charge in [-0.2, -0.15) is 0 Å². The fourth-order valence-corrected chi connectivity index (χ4v) is 5.29. The van der Waals surface area contributed by atoms with E-state index in [4.69, 9.17) is 0 Å². The van der Waals surface area contributed by atoms with E-state index in [0.29, 0.717) is 11.6 Å². The van der Waals surface area contributed by atoms with Gasteiger partial charge in [0.05, 0.1) is 0 Å². The molecule has 1 aromatic heterocycles. The summed E-state index contributed by atoms with van der Waals surface area (Å²) in [6, 6.07) is 1.62. The first-order valence-electron chi connectivity index (χ1n) is 9.85. The lowest BCUT2D eigenvalue weighted by Crippen LogP contribution is -2.37. The third-order valence-corrected chi connectivity index (χ3v) is 7.40. The van der Waals surface area contributed by atoms with Crippen LogP contribution in [-0.4, -0.2) is 31.4 Å². The lowest BCUT2D eigenvalue weighted by molar-refractivity contribution is 0.0918. The summed E-state index contributed by atoms with van der Waals surface area (Å²) in [5.74, 6) is 1.16. The molecule has 0 atom stereocenters. The summed E-state index contributed by atoms with van der Waals surface area (Å²) >= 11 is 0. The Balaban J connectivity index is 1.58. The molecule has 0 radical (unpaired) electrons. The Labute approximate surface area is 156 Å². The highest BCUT2D eigenvalue weighted by Gasteiger charge is 2.26. The van der Waals surface area contributed by atoms with Crippen molar-refractivity contribution in [3.63, 3.8) is 0 Å². The first-order chi connectivity index (χ1) is 12.3. The van der Waals surface area contributed by atoms with Crippen LogP contribution in [0.25, 0.3) is 0 Å². The van der Waals surface area contributed by atoms with Crippen molar-refractivity contribution in [1.29, 1.82) is 0 Å². The average Bonchev–Trinajstić information content (AvgIpc) is 3.10. The average molecular weight is 382 g/mol. The number of aromatic nitrogens is 1. The normalized spacial score (nSPS) is 30.1. The molecule has 7 heteroatoms. The zero-order chi connectivity index (χ0) is 18.7. The van der Waals surface area contributed by atoms with Crippen molar-refractivity contribution < 1.29 is 13.2 Å². The fourth-order valence-electron chi connectivity index (χ4n) is 3.99. The van der Waals surface area contributed by atoms with E-state index in [0.717, 1.165) is 57.3 Å². The second-order valence-electron chi connectivity index (χ2n) is 8.26. The summed E-state index contributed by atoms with van der Waals surface area (Å²) in [4.78, 5) is 15.4. The Bertz CT molecular complexity index is 712. The molecule has 0 aliphatic heterocycles. The van der Waals surface area contributed by atoms with Gasteiger partial charge in [-0.15, -0.1) is 0 Å². The second kappa shape index (κ2) is 8.13. The summed E-state index contributed by atoms with van der Waals surface area (Å²) in [5, 5.41) is 3.02. The number of rotatable bonds is 5. The van der Waals surface area contributed by atoms with Crippen LogP contribution in [0.4, 0.5) is 0 Å². The van der Waals surface area contributed by atoms with Crippen molar-refractivity contribution in [3.05, 3.63) is 18.0 Å². The molecule has 2 fully saturated rings. The Morgan fingerprint density at radius 3 is 2.08 bits per heavy atom. The maximum absolute atomic E-state index is 12.6. The summed E-state index contributed by atoms with van der Waals surface area (Å²) in [6.45, 7) is 4.44. The molecule has 1 heterocycles. The maximum Gasteiger partial charge on any atom is 0.267 e. The highest BCUT2D eigenvalue weighted by Crippen LogP contribution is 2.25. The van der Waals surface area contributed by atoms with Gasteiger partial charge in [0.25, 0.3) is 5.91 Å². The number of carbonyl (C=O) groups is 1. The molecule has 1 aromatic rings. The van der Waals surface area contributed by atoms with Crippen LogP contribution in [0.5, 0.6) is 0 Å². The Morgan fingerprint density at radius 2 is 1.50 bits per heavy atom. The van der Waals surface area contributed by atoms with Crippen LogP contribution in [0, 0.1) is 11.8 Å². The summed E-state index contributed by atoms with van der Waals surface area (Å²) in [5.41, 5.74) is 0.307. The van der Waals surface area contributed by atoms with E-state index in [-0.39, 0.29) is 22.9 Å². The van der Waals surface area contributed by atoms with Crippen molar-refractivity contribution in [2.75, 3.05) is 0 Å². The zero-order valence-corrected chi connectivity index (χ0v) is 16.6. The topological polar surface area (TPSA) is 91.1 Å². The third kappa shape index (κ3) is 4.88. The monoisotopic (exact) mass is 381 g/mol. The van der Waals surface area contributed by atoms with Crippen LogP contribution in [0.3, 0.4) is 0 Å². The van der Waals surface area contributed by atoms with Gasteiger partial charge in [0.2, 0.25) is 10.0 Å². The molecule has 2 aliphatic rings. The molecule has 3 rings (SSSR count). The SMILES string of the molecule is CC1CCC(NC(=O)c2cc(S(=O)(=O)NC3CCC(C)CC3)c[nH]2)CC1. The first kappa shape index (κ1) is 19.4. The molecule has 0 spiro atoms. The van der Waals surface area contributed by atoms with Gasteiger partial charge in [-0.1, -0.05) is 13.8 Å². The number of amides is 1. The number of aromatic amines is 1. The van der Waals surface area contributed by atoms with Gasteiger partial charge in [0.1, 0.15) is 10.6 Å². The van der Waals surface area contributed by atoms with Crippen LogP contribution < -0.4 is 10.0 Å². The molecule has 146 valence electrons. The highest BCUT2D eigenvalue weighted by molar-refractivity contribution is 7.89. The van der Waals surface area contributed by atoms with Crippen LogP contribution in [0.2, 0.25) is 0 Å². The van der Waals surface area contributed by atoms with E-state index in [9.17, 15) is 13.2 Å². The Morgan fingerprint density at radius 1 is 0.962 bits per heavy atom. The molecule has 2 saturated carbocycles. The number of H-pyrrole nitrogens is 1. The van der Waals surface area contributed by atoms with Crippen LogP contribution in [-0.2, 0) is 10.0 Å². The molecule has 3 N–H and O–H groups in total. The lowest BCUT2D eigenvalue weighted by atomic mass is 9.87. The zero-order valence-electron chi connectivity index (χ0n) is 15.8. The van der Waals surface area contributed by atoms with Crippen LogP contribution in [0.1, 0.15) is 75.7 Å². The summed E-state index contributed by atoms with van der Waals surface area (Å²) in [6.07, 6.45) is 9.48. The molecule has 0 saturated heterocycles. The van der Waals surface area contributed by atoms with E-state index in [1.165, 1.54) is 12.3 Å². The predicted octanol–water partition coefficient (Wildman–Crippen LogP) is 3.18. The Kier molecular flexibility index (Phi) is 6.07. The molecule has 2 aliphatic carbocycles. The number of hydrogen-bond donors (Lipinski definition) is 3. The summed E-state index contributed by atoms with van der Waals surface area (Å²) in [7, 11) is -3.59. The van der Waals surface area contributed by atoms with Gasteiger partial charge in [0.15, 0.2) is 0 Å². The van der Waals surface area contributed by atoms with E-state index in [1.54, 1.807) is 0 Å². The quantitative estimate of drug-likeness (QED) is 0.731. The molecule has 0 aromatic carbocycles. The van der Waals surface area contributed by atoms with Crippen molar-refractivity contribution >= 4 is 15.9 Å². The smallest absolute Gasteiger partial charge is 0.267 e. The van der Waals surface area contributed by atoms with Crippen molar-refractivity contribution in [3.8, 4) is 0 Å². The third-order valence-electron chi connectivity index (χ3n) is 5.90. The predicted molar refractivity (Wildman–Crippen MR) is 101 cm³/mol. The fraction of sp³-hybridized carbons (Fsp3) is 0.737. The van der Waals surface area contributed by atoms with E-state index < -0.39 is 10.0 Å². The molecule has 6 nitrogen and oxygen atoms in total. The molecule has 0 bridgehead atoms. The van der Waals surface area contributed by atoms with E-state index in [2.05, 4.69) is 28.9 Å². The number of nitrogens with one attached hydrogen (secondary N) is 3. The van der Waals surface area contributed by atoms with Crippen molar-refractivity contribution in [2.45, 2.75) is 82.2 Å². The van der Waals surface area contributed by atoms with Gasteiger partial charge in [-0.05, 0) is 69.3 Å². The minimum atomic E-state index is -3.59. The highest BCUT2D eigenvalue weighted by atomic mass is 32.2. The van der Waals surface area contributed by atoms with E-state index in [1.807, 2.05) is 0 Å². The largest absolute Gasteiger partial charge is 0.356 e. The minimum absolute atomic E-state index is 0.00685.